The predicted octanol–water partition coefficient (Wildman–Crippen LogP) is 0.708. The van der Waals surface area contributed by atoms with E-state index in [1.807, 2.05) is 24.3 Å². The number of hydrogen-bond donors (Lipinski definition) is 3. The maximum atomic E-state index is 6.55. The zero-order chi connectivity index (χ0) is 22.8. The minimum Gasteiger partial charge on any atom is -0.488 e. The lowest BCUT2D eigenvalue weighted by Gasteiger charge is -2.36. The van der Waals surface area contributed by atoms with Crippen LogP contribution in [0.15, 0.2) is 30.6 Å². The maximum absolute atomic E-state index is 6.55. The van der Waals surface area contributed by atoms with Gasteiger partial charge in [0.2, 0.25) is 5.71 Å². The highest BCUT2D eigenvalue weighted by molar-refractivity contribution is 6.11. The van der Waals surface area contributed by atoms with Crippen molar-refractivity contribution in [1.82, 2.24) is 20.2 Å². The Balaban J connectivity index is 1.24. The Labute approximate surface area is 196 Å². The van der Waals surface area contributed by atoms with Gasteiger partial charge in [0.15, 0.2) is 0 Å². The average molecular weight is 451 g/mol. The molecule has 176 valence electrons. The molecule has 3 aliphatic rings. The first kappa shape index (κ1) is 22.1. The highest BCUT2D eigenvalue weighted by Crippen LogP contribution is 2.40. The molecule has 5 rings (SSSR count). The van der Waals surface area contributed by atoms with Crippen LogP contribution in [0.2, 0.25) is 0 Å². The van der Waals surface area contributed by atoms with E-state index in [1.54, 1.807) is 6.33 Å². The van der Waals surface area contributed by atoms with Gasteiger partial charge in [-0.25, -0.2) is 9.97 Å². The van der Waals surface area contributed by atoms with Crippen LogP contribution in [0.1, 0.15) is 43.9 Å². The molecule has 0 amide bonds. The van der Waals surface area contributed by atoms with Crippen molar-refractivity contribution < 1.29 is 10.1 Å². The maximum Gasteiger partial charge on any atom is 0.232 e. The summed E-state index contributed by atoms with van der Waals surface area (Å²) in [4.78, 5) is 13.9. The Hall–Kier alpha value is -2.71. The average Bonchev–Trinajstić information content (AvgIpc) is 3.57. The molecule has 33 heavy (non-hydrogen) atoms. The molecule has 1 saturated carbocycles. The van der Waals surface area contributed by atoms with Crippen LogP contribution < -0.4 is 26.1 Å². The van der Waals surface area contributed by atoms with E-state index in [2.05, 4.69) is 32.0 Å². The van der Waals surface area contributed by atoms with Crippen molar-refractivity contribution in [2.24, 2.45) is 5.92 Å². The van der Waals surface area contributed by atoms with E-state index in [1.165, 1.54) is 32.5 Å². The van der Waals surface area contributed by atoms with Gasteiger partial charge in [-0.1, -0.05) is 0 Å². The summed E-state index contributed by atoms with van der Waals surface area (Å²) in [6.45, 7) is 9.91. The molecule has 0 radical (unpaired) electrons. The van der Waals surface area contributed by atoms with Crippen LogP contribution in [-0.4, -0.2) is 72.0 Å². The van der Waals surface area contributed by atoms with Gasteiger partial charge in [0.1, 0.15) is 29.2 Å². The monoisotopic (exact) mass is 450 g/mol. The van der Waals surface area contributed by atoms with E-state index in [4.69, 9.17) is 15.9 Å². The van der Waals surface area contributed by atoms with Gasteiger partial charge >= 0.3 is 0 Å². The van der Waals surface area contributed by atoms with Crippen LogP contribution >= 0.6 is 0 Å². The highest BCUT2D eigenvalue weighted by atomic mass is 16.5. The molecule has 8 heteroatoms. The zero-order valence-electron chi connectivity index (χ0n) is 19.6. The lowest BCUT2D eigenvalue weighted by Crippen LogP contribution is -2.47. The molecule has 3 heterocycles. The van der Waals surface area contributed by atoms with E-state index in [9.17, 15) is 0 Å². The first-order valence-electron chi connectivity index (χ1n) is 12.2. The third kappa shape index (κ3) is 5.28. The van der Waals surface area contributed by atoms with Gasteiger partial charge in [-0.05, 0) is 56.7 Å². The second-order valence-corrected chi connectivity index (χ2v) is 9.96. The number of benzene rings is 1. The van der Waals surface area contributed by atoms with Gasteiger partial charge in [0, 0.05) is 57.6 Å². The number of rotatable bonds is 7. The van der Waals surface area contributed by atoms with E-state index in [-0.39, 0.29) is 5.60 Å². The molecule has 8 nitrogen and oxygen atoms in total. The van der Waals surface area contributed by atoms with Crippen molar-refractivity contribution in [1.29, 1.82) is 0 Å². The molecule has 0 atom stereocenters. The molecule has 1 aromatic carbocycles. The minimum atomic E-state index is -0.0543. The summed E-state index contributed by atoms with van der Waals surface area (Å²) in [6.07, 6.45) is 6.13. The standard InChI is InChI=1S/C25H35N7O/c1-25(6-7-25)33-19-2-3-21(26)20(14-19)24(27)22-15-23(30-17-29-22)32-10-4-18(5-11-32)16-31-12-8-28-9-13-31/h2-3,14-15,17-18,27-28H,4-13,16,26H2,1H3/p+1. The molecule has 2 saturated heterocycles. The number of nitrogens with one attached hydrogen (secondary N) is 1. The van der Waals surface area contributed by atoms with Crippen LogP contribution in [0.25, 0.3) is 0 Å². The van der Waals surface area contributed by atoms with Gasteiger partial charge in [-0.15, -0.1) is 0 Å². The van der Waals surface area contributed by atoms with Crippen molar-refractivity contribution in [2.45, 2.75) is 38.2 Å². The number of nitrogen functional groups attached to an aromatic ring is 1. The summed E-state index contributed by atoms with van der Waals surface area (Å²) in [6, 6.07) is 7.68. The predicted molar refractivity (Wildman–Crippen MR) is 131 cm³/mol. The first-order valence-corrected chi connectivity index (χ1v) is 12.2. The fourth-order valence-corrected chi connectivity index (χ4v) is 4.80. The zero-order valence-corrected chi connectivity index (χ0v) is 19.6. The minimum absolute atomic E-state index is 0.0543. The summed E-state index contributed by atoms with van der Waals surface area (Å²) >= 11 is 0. The van der Waals surface area contributed by atoms with Gasteiger partial charge < -0.3 is 25.6 Å². The lowest BCUT2D eigenvalue weighted by molar-refractivity contribution is -0.111. The van der Waals surface area contributed by atoms with Crippen molar-refractivity contribution >= 4 is 17.2 Å². The number of anilines is 2. The van der Waals surface area contributed by atoms with Crippen molar-refractivity contribution in [2.75, 3.05) is 56.4 Å². The van der Waals surface area contributed by atoms with E-state index in [0.717, 1.165) is 62.1 Å². The summed E-state index contributed by atoms with van der Waals surface area (Å²) in [5.41, 5.74) is 8.84. The number of hydrogen-bond acceptors (Lipinski definition) is 7. The molecule has 1 aliphatic carbocycles. The van der Waals surface area contributed by atoms with Crippen LogP contribution in [0, 0.1) is 5.92 Å². The highest BCUT2D eigenvalue weighted by Gasteiger charge is 2.40. The molecule has 1 aromatic heterocycles. The van der Waals surface area contributed by atoms with E-state index >= 15 is 0 Å². The second kappa shape index (κ2) is 9.27. The number of nitrogens with zero attached hydrogens (tertiary/aromatic N) is 4. The fraction of sp³-hybridized carbons (Fsp3) is 0.560. The number of aromatic nitrogens is 2. The Bertz CT molecular complexity index is 992. The Morgan fingerprint density at radius 3 is 2.64 bits per heavy atom. The molecule has 0 spiro atoms. The third-order valence-corrected chi connectivity index (χ3v) is 7.23. The number of piperazine rings is 1. The van der Waals surface area contributed by atoms with Gasteiger partial charge in [-0.2, -0.15) is 0 Å². The molecule has 5 N–H and O–H groups in total. The fourth-order valence-electron chi connectivity index (χ4n) is 4.80. The second-order valence-electron chi connectivity index (χ2n) is 9.96. The quantitative estimate of drug-likeness (QED) is 0.421. The molecular weight excluding hydrogens is 414 g/mol. The largest absolute Gasteiger partial charge is 0.488 e. The number of nitrogens with two attached hydrogens (primary N) is 2. The van der Waals surface area contributed by atoms with Crippen molar-refractivity contribution in [3.8, 4) is 5.75 Å². The summed E-state index contributed by atoms with van der Waals surface area (Å²) in [5.74, 6) is 2.48. The molecule has 0 unspecified atom stereocenters. The van der Waals surface area contributed by atoms with Gasteiger partial charge in [0.25, 0.3) is 0 Å². The molecule has 2 aromatic rings. The van der Waals surface area contributed by atoms with Gasteiger partial charge in [0.05, 0.1) is 5.56 Å². The van der Waals surface area contributed by atoms with Crippen molar-refractivity contribution in [3.05, 3.63) is 41.9 Å². The Kier molecular flexibility index (Phi) is 6.21. The van der Waals surface area contributed by atoms with Crippen molar-refractivity contribution in [3.63, 3.8) is 0 Å². The molecule has 3 fully saturated rings. The third-order valence-electron chi connectivity index (χ3n) is 7.23. The van der Waals surface area contributed by atoms with Crippen LogP contribution in [-0.2, 0) is 0 Å². The van der Waals surface area contributed by atoms with E-state index < -0.39 is 0 Å². The van der Waals surface area contributed by atoms with Crippen LogP contribution in [0.4, 0.5) is 11.5 Å². The number of ether oxygens (including phenoxy) is 1. The molecule has 2 aliphatic heterocycles. The van der Waals surface area contributed by atoms with Gasteiger partial charge in [-0.3, -0.25) is 5.41 Å². The molecule has 0 bridgehead atoms. The smallest absolute Gasteiger partial charge is 0.232 e. The molecular formula is C25H36N7O+. The topological polar surface area (TPSA) is 105 Å². The van der Waals surface area contributed by atoms with Crippen LogP contribution in [0.5, 0.6) is 5.75 Å². The van der Waals surface area contributed by atoms with Crippen LogP contribution in [0.3, 0.4) is 0 Å². The summed E-state index contributed by atoms with van der Waals surface area (Å²) in [7, 11) is 0. The normalized spacial score (nSPS) is 21.1. The van der Waals surface area contributed by atoms with E-state index in [0.29, 0.717) is 17.1 Å². The Morgan fingerprint density at radius 2 is 1.91 bits per heavy atom. The summed E-state index contributed by atoms with van der Waals surface area (Å²) in [5, 5.41) is 9.99. The number of piperidine rings is 1. The lowest BCUT2D eigenvalue weighted by atomic mass is 9.96. The SMILES string of the molecule is CC1(Oc2ccc(N)c(C(=[NH2+])c3cc(N4CCC(CN5CCNCC5)CC4)ncn3)c2)CC1. The first-order chi connectivity index (χ1) is 16.0. The summed E-state index contributed by atoms with van der Waals surface area (Å²) < 4.78 is 6.11. The Morgan fingerprint density at radius 1 is 1.15 bits per heavy atom.